The number of rotatable bonds is 3. The maximum Gasteiger partial charge on any atom is 0.217 e. The second-order valence-corrected chi connectivity index (χ2v) is 7.51. The predicted molar refractivity (Wildman–Crippen MR) is 67.8 cm³/mol. The van der Waals surface area contributed by atoms with Gasteiger partial charge in [0.2, 0.25) is 10.0 Å². The van der Waals surface area contributed by atoms with E-state index in [4.69, 9.17) is 16.3 Å². The lowest BCUT2D eigenvalue weighted by Crippen LogP contribution is -2.51. The second kappa shape index (κ2) is 5.43. The molecule has 2 fully saturated rings. The summed E-state index contributed by atoms with van der Waals surface area (Å²) in [6.07, 6.45) is 3.44. The highest BCUT2D eigenvalue weighted by atomic mass is 35.5. The summed E-state index contributed by atoms with van der Waals surface area (Å²) in [5, 5.41) is -0.177. The van der Waals surface area contributed by atoms with Gasteiger partial charge in [0.25, 0.3) is 0 Å². The number of halogens is 1. The third kappa shape index (κ3) is 2.95. The molecule has 2 atom stereocenters. The molecule has 0 spiro atoms. The van der Waals surface area contributed by atoms with Crippen LogP contribution >= 0.6 is 11.6 Å². The van der Waals surface area contributed by atoms with E-state index in [1.54, 1.807) is 4.31 Å². The molecular formula is C11H20ClNO3S. The van der Waals surface area contributed by atoms with Gasteiger partial charge in [-0.05, 0) is 19.8 Å². The minimum absolute atomic E-state index is 0.0660. The number of nitrogens with zero attached hydrogens (tertiary/aromatic N) is 1. The third-order valence-electron chi connectivity index (χ3n) is 3.55. The Morgan fingerprint density at radius 3 is 2.53 bits per heavy atom. The monoisotopic (exact) mass is 281 g/mol. The van der Waals surface area contributed by atoms with Gasteiger partial charge in [0.05, 0.1) is 17.5 Å². The normalized spacial score (nSPS) is 33.1. The Morgan fingerprint density at radius 2 is 1.94 bits per heavy atom. The van der Waals surface area contributed by atoms with Gasteiger partial charge in [-0.3, -0.25) is 0 Å². The number of hydrogen-bond donors (Lipinski definition) is 0. The van der Waals surface area contributed by atoms with Gasteiger partial charge in [-0.2, -0.15) is 4.31 Å². The van der Waals surface area contributed by atoms with E-state index in [-0.39, 0.29) is 17.5 Å². The van der Waals surface area contributed by atoms with Crippen molar-refractivity contribution in [1.82, 2.24) is 4.31 Å². The fraction of sp³-hybridized carbons (Fsp3) is 1.00. The highest BCUT2D eigenvalue weighted by Gasteiger charge is 2.38. The van der Waals surface area contributed by atoms with Crippen molar-refractivity contribution in [1.29, 1.82) is 0 Å². The lowest BCUT2D eigenvalue weighted by atomic mass is 10.3. The molecule has 0 aromatic heterocycles. The standard InChI is InChI=1S/C11H20ClNO3S/c1-9-7-13(8-10(6-12)16-9)17(14,15)11-4-2-3-5-11/h9-11H,2-8H2,1H3. The molecule has 2 unspecified atom stereocenters. The first-order valence-corrected chi connectivity index (χ1v) is 8.28. The number of morpholine rings is 1. The summed E-state index contributed by atoms with van der Waals surface area (Å²) >= 11 is 5.77. The zero-order chi connectivity index (χ0) is 12.5. The van der Waals surface area contributed by atoms with Crippen LogP contribution in [-0.2, 0) is 14.8 Å². The van der Waals surface area contributed by atoms with Crippen molar-refractivity contribution in [3.8, 4) is 0 Å². The van der Waals surface area contributed by atoms with Gasteiger partial charge >= 0.3 is 0 Å². The highest BCUT2D eigenvalue weighted by molar-refractivity contribution is 7.89. The molecular weight excluding hydrogens is 262 g/mol. The van der Waals surface area contributed by atoms with Crippen LogP contribution < -0.4 is 0 Å². The molecule has 17 heavy (non-hydrogen) atoms. The average molecular weight is 282 g/mol. The Kier molecular flexibility index (Phi) is 4.34. The van der Waals surface area contributed by atoms with Crippen molar-refractivity contribution in [2.24, 2.45) is 0 Å². The van der Waals surface area contributed by atoms with Gasteiger partial charge in [0.15, 0.2) is 0 Å². The molecule has 6 heteroatoms. The molecule has 0 radical (unpaired) electrons. The van der Waals surface area contributed by atoms with Crippen LogP contribution in [0.5, 0.6) is 0 Å². The molecule has 1 saturated carbocycles. The van der Waals surface area contributed by atoms with E-state index in [0.717, 1.165) is 25.7 Å². The Morgan fingerprint density at radius 1 is 1.29 bits per heavy atom. The van der Waals surface area contributed by atoms with E-state index in [2.05, 4.69) is 0 Å². The van der Waals surface area contributed by atoms with Crippen molar-refractivity contribution in [2.45, 2.75) is 50.1 Å². The molecule has 2 aliphatic rings. The summed E-state index contributed by atoms with van der Waals surface area (Å²) in [5.41, 5.74) is 0. The van der Waals surface area contributed by atoms with Gasteiger partial charge in [-0.25, -0.2) is 8.42 Å². The van der Waals surface area contributed by atoms with Gasteiger partial charge in [0.1, 0.15) is 0 Å². The predicted octanol–water partition coefficient (Wildman–Crippen LogP) is 1.59. The van der Waals surface area contributed by atoms with Crippen molar-refractivity contribution in [3.05, 3.63) is 0 Å². The van der Waals surface area contributed by atoms with Crippen molar-refractivity contribution in [2.75, 3.05) is 19.0 Å². The zero-order valence-electron chi connectivity index (χ0n) is 10.1. The molecule has 1 aliphatic heterocycles. The van der Waals surface area contributed by atoms with Crippen LogP contribution in [0, 0.1) is 0 Å². The van der Waals surface area contributed by atoms with Crippen LogP contribution in [0.3, 0.4) is 0 Å². The Balaban J connectivity index is 2.09. The summed E-state index contributed by atoms with van der Waals surface area (Å²) in [6.45, 7) is 2.77. The highest BCUT2D eigenvalue weighted by Crippen LogP contribution is 2.28. The molecule has 4 nitrogen and oxygen atoms in total. The third-order valence-corrected chi connectivity index (χ3v) is 6.22. The zero-order valence-corrected chi connectivity index (χ0v) is 11.7. The second-order valence-electron chi connectivity index (χ2n) is 4.99. The number of hydrogen-bond acceptors (Lipinski definition) is 3. The van der Waals surface area contributed by atoms with Crippen molar-refractivity contribution >= 4 is 21.6 Å². The molecule has 100 valence electrons. The molecule has 1 heterocycles. The van der Waals surface area contributed by atoms with Crippen molar-refractivity contribution < 1.29 is 13.2 Å². The first-order chi connectivity index (χ1) is 8.04. The van der Waals surface area contributed by atoms with Crippen LogP contribution in [0.2, 0.25) is 0 Å². The lowest BCUT2D eigenvalue weighted by molar-refractivity contribution is -0.0425. The maximum absolute atomic E-state index is 12.4. The molecule has 0 amide bonds. The molecule has 0 N–H and O–H groups in total. The van der Waals surface area contributed by atoms with E-state index in [1.165, 1.54) is 0 Å². The fourth-order valence-corrected chi connectivity index (χ4v) is 5.01. The smallest absolute Gasteiger partial charge is 0.217 e. The van der Waals surface area contributed by atoms with Gasteiger partial charge < -0.3 is 4.74 Å². The molecule has 0 bridgehead atoms. The average Bonchev–Trinajstić information content (AvgIpc) is 2.82. The quantitative estimate of drug-likeness (QED) is 0.738. The van der Waals surface area contributed by atoms with Gasteiger partial charge in [-0.15, -0.1) is 11.6 Å². The van der Waals surface area contributed by atoms with Crippen LogP contribution in [0.4, 0.5) is 0 Å². The SMILES string of the molecule is CC1CN(S(=O)(=O)C2CCCC2)CC(CCl)O1. The molecule has 1 aliphatic carbocycles. The minimum atomic E-state index is -3.14. The summed E-state index contributed by atoms with van der Waals surface area (Å²) in [6, 6.07) is 0. The number of sulfonamides is 1. The summed E-state index contributed by atoms with van der Waals surface area (Å²) in [4.78, 5) is 0. The van der Waals surface area contributed by atoms with E-state index < -0.39 is 10.0 Å². The summed E-state index contributed by atoms with van der Waals surface area (Å²) < 4.78 is 32.0. The Labute approximate surface area is 108 Å². The molecule has 1 saturated heterocycles. The van der Waals surface area contributed by atoms with E-state index in [0.29, 0.717) is 19.0 Å². The van der Waals surface area contributed by atoms with E-state index in [9.17, 15) is 8.42 Å². The van der Waals surface area contributed by atoms with Crippen LogP contribution in [-0.4, -0.2) is 49.2 Å². The number of ether oxygens (including phenoxy) is 1. The van der Waals surface area contributed by atoms with E-state index >= 15 is 0 Å². The fourth-order valence-electron chi connectivity index (χ4n) is 2.69. The van der Waals surface area contributed by atoms with Crippen molar-refractivity contribution in [3.63, 3.8) is 0 Å². The summed E-state index contributed by atoms with van der Waals surface area (Å²) in [7, 11) is -3.14. The van der Waals surface area contributed by atoms with Gasteiger partial charge in [-0.1, -0.05) is 12.8 Å². The van der Waals surface area contributed by atoms with E-state index in [1.807, 2.05) is 6.92 Å². The molecule has 0 aromatic carbocycles. The summed E-state index contributed by atoms with van der Waals surface area (Å²) in [5.74, 6) is 0.348. The largest absolute Gasteiger partial charge is 0.371 e. The first-order valence-electron chi connectivity index (χ1n) is 6.24. The van der Waals surface area contributed by atoms with Crippen LogP contribution in [0.15, 0.2) is 0 Å². The minimum Gasteiger partial charge on any atom is -0.371 e. The molecule has 0 aromatic rings. The van der Waals surface area contributed by atoms with Crippen LogP contribution in [0.25, 0.3) is 0 Å². The number of alkyl halides is 1. The molecule has 2 rings (SSSR count). The lowest BCUT2D eigenvalue weighted by Gasteiger charge is -2.36. The Hall–Kier alpha value is 0.160. The first kappa shape index (κ1) is 13.6. The topological polar surface area (TPSA) is 46.6 Å². The Bertz CT molecular complexity index is 354. The van der Waals surface area contributed by atoms with Gasteiger partial charge in [0, 0.05) is 19.0 Å². The maximum atomic E-state index is 12.4. The van der Waals surface area contributed by atoms with Crippen LogP contribution in [0.1, 0.15) is 32.6 Å².